The molecule has 0 aliphatic rings. The van der Waals surface area contributed by atoms with Crippen molar-refractivity contribution in [3.05, 3.63) is 46.8 Å². The predicted molar refractivity (Wildman–Crippen MR) is 99.2 cm³/mol. The van der Waals surface area contributed by atoms with Gasteiger partial charge >= 0.3 is 0 Å². The number of aromatic nitrogens is 2. The molecule has 7 nitrogen and oxygen atoms in total. The van der Waals surface area contributed by atoms with Gasteiger partial charge in [-0.1, -0.05) is 31.5 Å². The van der Waals surface area contributed by atoms with Crippen LogP contribution in [0.15, 0.2) is 29.2 Å². The van der Waals surface area contributed by atoms with Gasteiger partial charge in [0.25, 0.3) is 20.1 Å². The van der Waals surface area contributed by atoms with Crippen LogP contribution in [0.3, 0.4) is 0 Å². The molecule has 9 heteroatoms. The number of hydrogen-bond acceptors (Lipinski definition) is 6. The monoisotopic (exact) mass is 400 g/mol. The Bertz CT molecular complexity index is 975. The molecule has 26 heavy (non-hydrogen) atoms. The summed E-state index contributed by atoms with van der Waals surface area (Å²) in [5.41, 5.74) is 2.89. The Hall–Kier alpha value is -1.71. The molecule has 0 N–H and O–H groups in total. The molecule has 1 heterocycles. The Labute approximate surface area is 155 Å². The summed E-state index contributed by atoms with van der Waals surface area (Å²) in [6, 6.07) is 6.60. The van der Waals surface area contributed by atoms with Crippen molar-refractivity contribution in [3.8, 4) is 0 Å². The van der Waals surface area contributed by atoms with Crippen molar-refractivity contribution in [2.75, 3.05) is 12.9 Å². The quantitative estimate of drug-likeness (QED) is 0.630. The van der Waals surface area contributed by atoms with Crippen molar-refractivity contribution in [1.29, 1.82) is 0 Å². The van der Waals surface area contributed by atoms with Crippen molar-refractivity contribution >= 4 is 20.1 Å². The molecule has 0 bridgehead atoms. The maximum atomic E-state index is 13.0. The third kappa shape index (κ3) is 4.52. The van der Waals surface area contributed by atoms with E-state index in [1.165, 1.54) is 0 Å². The highest BCUT2D eigenvalue weighted by Crippen LogP contribution is 2.23. The number of aryl methyl sites for hydroxylation is 2. The molecule has 0 aliphatic carbocycles. The van der Waals surface area contributed by atoms with Gasteiger partial charge in [-0.15, -0.1) is 0 Å². The first-order chi connectivity index (χ1) is 12.1. The maximum absolute atomic E-state index is 13.0. The maximum Gasteiger partial charge on any atom is 0.283 e. The van der Waals surface area contributed by atoms with Gasteiger partial charge in [-0.3, -0.25) is 4.18 Å². The normalized spacial score (nSPS) is 12.5. The van der Waals surface area contributed by atoms with Gasteiger partial charge in [0.1, 0.15) is 0 Å². The lowest BCUT2D eigenvalue weighted by molar-refractivity contribution is 0.325. The minimum absolute atomic E-state index is 0.0465. The molecule has 0 unspecified atom stereocenters. The minimum Gasteiger partial charge on any atom is -0.270 e. The van der Waals surface area contributed by atoms with E-state index in [0.29, 0.717) is 24.2 Å². The second-order valence-corrected chi connectivity index (χ2v) is 9.43. The van der Waals surface area contributed by atoms with Gasteiger partial charge in [-0.2, -0.15) is 26.0 Å². The summed E-state index contributed by atoms with van der Waals surface area (Å²) in [4.78, 5) is 0.168. The molecule has 0 saturated heterocycles. The van der Waals surface area contributed by atoms with E-state index >= 15 is 0 Å². The first kappa shape index (κ1) is 20.6. The summed E-state index contributed by atoms with van der Waals surface area (Å²) < 4.78 is 54.2. The van der Waals surface area contributed by atoms with Gasteiger partial charge in [-0.25, -0.2) is 0 Å². The lowest BCUT2D eigenvalue weighted by Gasteiger charge is -2.09. The Morgan fingerprint density at radius 1 is 1.04 bits per heavy atom. The van der Waals surface area contributed by atoms with Crippen molar-refractivity contribution in [1.82, 2.24) is 9.19 Å². The zero-order valence-electron chi connectivity index (χ0n) is 15.4. The van der Waals surface area contributed by atoms with Crippen LogP contribution in [-0.4, -0.2) is 38.9 Å². The van der Waals surface area contributed by atoms with Crippen LogP contribution in [0, 0.1) is 6.92 Å². The zero-order valence-corrected chi connectivity index (χ0v) is 17.0. The predicted octanol–water partition coefficient (Wildman–Crippen LogP) is 2.07. The summed E-state index contributed by atoms with van der Waals surface area (Å²) in [6.45, 7) is 5.57. The Kier molecular flexibility index (Phi) is 6.25. The molecular formula is C17H24N2O5S2. The average molecular weight is 401 g/mol. The molecule has 0 aliphatic heterocycles. The number of rotatable bonds is 8. The second kappa shape index (κ2) is 7.89. The van der Waals surface area contributed by atoms with E-state index in [1.807, 2.05) is 20.8 Å². The van der Waals surface area contributed by atoms with E-state index < -0.39 is 20.1 Å². The Balaban J connectivity index is 2.47. The summed E-state index contributed by atoms with van der Waals surface area (Å²) in [5.74, 6) is 0. The van der Waals surface area contributed by atoms with Crippen molar-refractivity contribution in [2.45, 2.75) is 44.9 Å². The third-order valence-corrected chi connectivity index (χ3v) is 6.22. The number of nitrogens with zero attached hydrogens (tertiary/aromatic N) is 2. The van der Waals surface area contributed by atoms with Crippen LogP contribution in [0.1, 0.15) is 36.4 Å². The highest BCUT2D eigenvalue weighted by molar-refractivity contribution is 7.89. The molecule has 2 aromatic rings. The van der Waals surface area contributed by atoms with Gasteiger partial charge in [-0.05, 0) is 31.9 Å². The second-order valence-electron chi connectivity index (χ2n) is 6.02. The van der Waals surface area contributed by atoms with E-state index in [-0.39, 0.29) is 17.9 Å². The summed E-state index contributed by atoms with van der Waals surface area (Å²) in [6.07, 6.45) is 2.26. The Morgan fingerprint density at radius 2 is 1.65 bits per heavy atom. The van der Waals surface area contributed by atoms with Gasteiger partial charge in [0, 0.05) is 12.0 Å². The van der Waals surface area contributed by atoms with Crippen LogP contribution in [0.4, 0.5) is 0 Å². The van der Waals surface area contributed by atoms with Crippen molar-refractivity contribution < 1.29 is 21.0 Å². The molecule has 0 amide bonds. The largest absolute Gasteiger partial charge is 0.283 e. The van der Waals surface area contributed by atoms with Crippen LogP contribution in [0.2, 0.25) is 0 Å². The molecule has 0 radical (unpaired) electrons. The van der Waals surface area contributed by atoms with Gasteiger partial charge in [0.15, 0.2) is 0 Å². The number of benzene rings is 1. The molecule has 0 fully saturated rings. The fraction of sp³-hybridized carbons (Fsp3) is 0.471. The molecule has 0 atom stereocenters. The van der Waals surface area contributed by atoms with Gasteiger partial charge in [0.05, 0.1) is 29.1 Å². The molecular weight excluding hydrogens is 376 g/mol. The van der Waals surface area contributed by atoms with Gasteiger partial charge in [0.2, 0.25) is 0 Å². The fourth-order valence-corrected chi connectivity index (χ4v) is 4.54. The summed E-state index contributed by atoms with van der Waals surface area (Å²) in [7, 11) is -7.36. The van der Waals surface area contributed by atoms with Crippen molar-refractivity contribution in [2.24, 2.45) is 0 Å². The topological polar surface area (TPSA) is 95.3 Å². The molecule has 1 aromatic carbocycles. The van der Waals surface area contributed by atoms with E-state index in [9.17, 15) is 16.8 Å². The highest BCUT2D eigenvalue weighted by atomic mass is 32.2. The summed E-state index contributed by atoms with van der Waals surface area (Å²) in [5, 5.41) is 4.31. The van der Waals surface area contributed by atoms with Gasteiger partial charge < -0.3 is 0 Å². The van der Waals surface area contributed by atoms with Crippen molar-refractivity contribution in [3.63, 3.8) is 0 Å². The lowest BCUT2D eigenvalue weighted by Crippen LogP contribution is -2.18. The first-order valence-corrected chi connectivity index (χ1v) is 11.6. The zero-order chi connectivity index (χ0) is 19.5. The first-order valence-electron chi connectivity index (χ1n) is 8.36. The van der Waals surface area contributed by atoms with E-state index in [4.69, 9.17) is 4.18 Å². The van der Waals surface area contributed by atoms with E-state index in [1.54, 1.807) is 24.3 Å². The van der Waals surface area contributed by atoms with Crippen LogP contribution in [0.25, 0.3) is 0 Å². The molecule has 2 rings (SSSR count). The average Bonchev–Trinajstić information content (AvgIpc) is 2.92. The Morgan fingerprint density at radius 3 is 2.15 bits per heavy atom. The summed E-state index contributed by atoms with van der Waals surface area (Å²) >= 11 is 0. The lowest BCUT2D eigenvalue weighted by atomic mass is 10.1. The smallest absolute Gasteiger partial charge is 0.270 e. The van der Waals surface area contributed by atoms with E-state index in [2.05, 4.69) is 5.10 Å². The van der Waals surface area contributed by atoms with Crippen LogP contribution in [-0.2, 0) is 43.6 Å². The molecule has 0 spiro atoms. The SMILES string of the molecule is CCc1nn(S(=O)(=O)c2ccc(C)cc2)c(CC)c1CCOS(C)(=O)=O. The van der Waals surface area contributed by atoms with E-state index in [0.717, 1.165) is 21.5 Å². The standard InChI is InChI=1S/C17H24N2O5S2/c1-5-16-15(11-12-24-25(4,20)21)17(6-2)19(18-16)26(22,23)14-9-7-13(3)8-10-14/h7-10H,5-6,11-12H2,1-4H3. The molecule has 144 valence electrons. The highest BCUT2D eigenvalue weighted by Gasteiger charge is 2.25. The van der Waals surface area contributed by atoms with Crippen LogP contribution in [0.5, 0.6) is 0 Å². The third-order valence-electron chi connectivity index (χ3n) is 4.00. The fourth-order valence-electron chi connectivity index (χ4n) is 2.74. The molecule has 0 saturated carbocycles. The van der Waals surface area contributed by atoms with Crippen LogP contribution >= 0.6 is 0 Å². The van der Waals surface area contributed by atoms with Crippen LogP contribution < -0.4 is 0 Å². The number of hydrogen-bond donors (Lipinski definition) is 0. The minimum atomic E-state index is -3.82. The molecule has 1 aromatic heterocycles.